The van der Waals surface area contributed by atoms with Crippen molar-refractivity contribution >= 4 is 0 Å². The molecule has 0 amide bonds. The Morgan fingerprint density at radius 3 is 2.33 bits per heavy atom. The largest absolute Gasteiger partial charge is 0.634 e. The molecule has 2 heteroatoms. The van der Waals surface area contributed by atoms with Gasteiger partial charge in [0, 0.05) is 11.8 Å². The molecule has 72 valence electrons. The molecule has 0 aliphatic carbocycles. The number of nitrogens with one attached hydrogen (secondary N) is 1. The Morgan fingerprint density at radius 2 is 1.83 bits per heavy atom. The van der Waals surface area contributed by atoms with Gasteiger partial charge in [-0.15, -0.1) is 0 Å². The second-order valence-electron chi connectivity index (χ2n) is 4.38. The molecule has 1 aliphatic rings. The van der Waals surface area contributed by atoms with Gasteiger partial charge in [-0.05, 0) is 12.3 Å². The maximum absolute atomic E-state index is 11.6. The number of quaternary nitrogens is 1. The van der Waals surface area contributed by atoms with Gasteiger partial charge in [-0.3, -0.25) is 0 Å². The molecule has 1 heterocycles. The summed E-state index contributed by atoms with van der Waals surface area (Å²) in [7, 11) is 0. The molecule has 2 nitrogen and oxygen atoms in total. The minimum atomic E-state index is 0.344. The van der Waals surface area contributed by atoms with Crippen LogP contribution in [0.3, 0.4) is 0 Å². The summed E-state index contributed by atoms with van der Waals surface area (Å²) in [5, 5.41) is 12.1. The van der Waals surface area contributed by atoms with Crippen molar-refractivity contribution in [2.24, 2.45) is 17.8 Å². The van der Waals surface area contributed by atoms with Crippen LogP contribution in [-0.4, -0.2) is 12.6 Å². The predicted octanol–water partition coefficient (Wildman–Crippen LogP) is 1.07. The monoisotopic (exact) mass is 171 g/mol. The molecule has 1 N–H and O–H groups in total. The Morgan fingerprint density at radius 1 is 1.25 bits per heavy atom. The van der Waals surface area contributed by atoms with Crippen LogP contribution in [0.4, 0.5) is 0 Å². The highest BCUT2D eigenvalue weighted by Gasteiger charge is 2.35. The van der Waals surface area contributed by atoms with Gasteiger partial charge in [-0.1, -0.05) is 27.7 Å². The van der Waals surface area contributed by atoms with Gasteiger partial charge in [-0.25, -0.2) is 0 Å². The fourth-order valence-corrected chi connectivity index (χ4v) is 2.43. The van der Waals surface area contributed by atoms with Crippen LogP contribution in [-0.2, 0) is 0 Å². The number of hydroxylamine groups is 2. The Hall–Kier alpha value is -0.0800. The van der Waals surface area contributed by atoms with Crippen LogP contribution < -0.4 is 5.06 Å². The van der Waals surface area contributed by atoms with Gasteiger partial charge >= 0.3 is 0 Å². The van der Waals surface area contributed by atoms with Gasteiger partial charge in [0.25, 0.3) is 0 Å². The molecule has 1 rings (SSSR count). The van der Waals surface area contributed by atoms with Crippen molar-refractivity contribution in [3.63, 3.8) is 0 Å². The van der Waals surface area contributed by atoms with E-state index >= 15 is 0 Å². The maximum Gasteiger partial charge on any atom is 0.0897 e. The van der Waals surface area contributed by atoms with Gasteiger partial charge in [0.1, 0.15) is 0 Å². The molecule has 0 spiro atoms. The SMILES string of the molecule is CCC1C(C)C(C)C(C)C[NH+]1[O-]. The van der Waals surface area contributed by atoms with Crippen LogP contribution in [0.1, 0.15) is 34.1 Å². The van der Waals surface area contributed by atoms with E-state index in [4.69, 9.17) is 0 Å². The molecule has 0 bridgehead atoms. The zero-order valence-electron chi connectivity index (χ0n) is 8.63. The highest BCUT2D eigenvalue weighted by Crippen LogP contribution is 2.25. The average molecular weight is 171 g/mol. The first-order valence-electron chi connectivity index (χ1n) is 5.10. The molecule has 12 heavy (non-hydrogen) atoms. The fourth-order valence-electron chi connectivity index (χ4n) is 2.43. The van der Waals surface area contributed by atoms with Crippen LogP contribution >= 0.6 is 0 Å². The van der Waals surface area contributed by atoms with E-state index in [1.165, 1.54) is 0 Å². The third-order valence-electron chi connectivity index (χ3n) is 3.74. The van der Waals surface area contributed by atoms with Gasteiger partial charge in [0.2, 0.25) is 0 Å². The molecule has 1 saturated heterocycles. The summed E-state index contributed by atoms with van der Waals surface area (Å²) in [6.45, 7) is 9.65. The molecule has 0 aromatic carbocycles. The van der Waals surface area contributed by atoms with Crippen LogP contribution in [0.15, 0.2) is 0 Å². The lowest BCUT2D eigenvalue weighted by molar-refractivity contribution is -0.892. The van der Waals surface area contributed by atoms with Crippen LogP contribution in [0.5, 0.6) is 0 Å². The third-order valence-corrected chi connectivity index (χ3v) is 3.74. The Balaban J connectivity index is 2.65. The standard InChI is InChI=1S/C10H21NO/c1-5-10-9(4)8(3)7(2)6-11(10)12/h7-11H,5-6H2,1-4H3. The summed E-state index contributed by atoms with van der Waals surface area (Å²) in [6, 6.07) is 0.344. The second kappa shape index (κ2) is 3.75. The van der Waals surface area contributed by atoms with Crippen molar-refractivity contribution in [2.45, 2.75) is 40.2 Å². The van der Waals surface area contributed by atoms with Crippen molar-refractivity contribution in [1.29, 1.82) is 0 Å². The average Bonchev–Trinajstić information content (AvgIpc) is 2.01. The van der Waals surface area contributed by atoms with Crippen molar-refractivity contribution in [2.75, 3.05) is 6.54 Å². The van der Waals surface area contributed by atoms with Crippen LogP contribution in [0, 0.1) is 23.0 Å². The van der Waals surface area contributed by atoms with E-state index in [9.17, 15) is 5.21 Å². The lowest BCUT2D eigenvalue weighted by Crippen LogP contribution is -3.14. The number of rotatable bonds is 1. The molecule has 1 aliphatic heterocycles. The summed E-state index contributed by atoms with van der Waals surface area (Å²) in [4.78, 5) is 0. The van der Waals surface area contributed by atoms with Gasteiger partial charge in [-0.2, -0.15) is 0 Å². The molecular weight excluding hydrogens is 150 g/mol. The number of hydrogen-bond donors (Lipinski definition) is 1. The molecule has 0 aromatic rings. The first kappa shape index (κ1) is 10.0. The molecule has 0 saturated carbocycles. The topological polar surface area (TPSA) is 27.5 Å². The molecule has 5 unspecified atom stereocenters. The highest BCUT2D eigenvalue weighted by molar-refractivity contribution is 4.77. The zero-order valence-corrected chi connectivity index (χ0v) is 8.63. The fraction of sp³-hybridized carbons (Fsp3) is 1.00. The van der Waals surface area contributed by atoms with E-state index in [1.807, 2.05) is 0 Å². The van der Waals surface area contributed by atoms with Crippen LogP contribution in [0.25, 0.3) is 0 Å². The summed E-state index contributed by atoms with van der Waals surface area (Å²) in [5.74, 6) is 1.90. The lowest BCUT2D eigenvalue weighted by atomic mass is 9.76. The quantitative estimate of drug-likeness (QED) is 0.587. The molecule has 1 fully saturated rings. The van der Waals surface area contributed by atoms with E-state index in [0.717, 1.165) is 13.0 Å². The summed E-state index contributed by atoms with van der Waals surface area (Å²) >= 11 is 0. The molecule has 5 atom stereocenters. The Bertz CT molecular complexity index is 149. The van der Waals surface area contributed by atoms with Crippen LogP contribution in [0.2, 0.25) is 0 Å². The normalized spacial score (nSPS) is 49.2. The zero-order chi connectivity index (χ0) is 9.30. The smallest absolute Gasteiger partial charge is 0.0897 e. The van der Waals surface area contributed by atoms with Crippen molar-refractivity contribution in [1.82, 2.24) is 0 Å². The second-order valence-corrected chi connectivity index (χ2v) is 4.38. The lowest BCUT2D eigenvalue weighted by Gasteiger charge is -2.45. The number of hydrogen-bond acceptors (Lipinski definition) is 1. The van der Waals surface area contributed by atoms with Gasteiger partial charge in [0.05, 0.1) is 12.6 Å². The predicted molar refractivity (Wildman–Crippen MR) is 50.8 cm³/mol. The van der Waals surface area contributed by atoms with E-state index in [2.05, 4.69) is 27.7 Å². The van der Waals surface area contributed by atoms with Crippen molar-refractivity contribution < 1.29 is 5.06 Å². The van der Waals surface area contributed by atoms with Gasteiger partial charge in [0.15, 0.2) is 0 Å². The molecule has 0 radical (unpaired) electrons. The van der Waals surface area contributed by atoms with E-state index in [0.29, 0.717) is 28.9 Å². The minimum Gasteiger partial charge on any atom is -0.634 e. The first-order chi connectivity index (χ1) is 5.57. The molecular formula is C10H21NO. The van der Waals surface area contributed by atoms with Crippen molar-refractivity contribution in [3.8, 4) is 0 Å². The Kier molecular flexibility index (Phi) is 3.13. The Labute approximate surface area is 75.5 Å². The highest BCUT2D eigenvalue weighted by atomic mass is 16.5. The summed E-state index contributed by atoms with van der Waals surface area (Å²) in [6.07, 6.45) is 1.02. The van der Waals surface area contributed by atoms with E-state index in [1.54, 1.807) is 0 Å². The summed E-state index contributed by atoms with van der Waals surface area (Å²) < 4.78 is 0. The number of piperidine rings is 1. The van der Waals surface area contributed by atoms with E-state index < -0.39 is 0 Å². The third kappa shape index (κ3) is 1.64. The van der Waals surface area contributed by atoms with Gasteiger partial charge < -0.3 is 10.3 Å². The molecule has 0 aromatic heterocycles. The first-order valence-corrected chi connectivity index (χ1v) is 5.10. The maximum atomic E-state index is 11.6. The van der Waals surface area contributed by atoms with E-state index in [-0.39, 0.29) is 0 Å². The summed E-state index contributed by atoms with van der Waals surface area (Å²) in [5.41, 5.74) is 0. The minimum absolute atomic E-state index is 0.344. The van der Waals surface area contributed by atoms with Crippen molar-refractivity contribution in [3.05, 3.63) is 5.21 Å².